The molecule has 1 N–H and O–H groups in total. The van der Waals surface area contributed by atoms with Gasteiger partial charge < -0.3 is 5.32 Å². The summed E-state index contributed by atoms with van der Waals surface area (Å²) in [6, 6.07) is 5.07. The van der Waals surface area contributed by atoms with E-state index in [2.05, 4.69) is 38.2 Å². The van der Waals surface area contributed by atoms with E-state index in [1.54, 1.807) is 0 Å². The van der Waals surface area contributed by atoms with Gasteiger partial charge in [-0.2, -0.15) is 0 Å². The van der Waals surface area contributed by atoms with Crippen molar-refractivity contribution in [3.8, 4) is 0 Å². The van der Waals surface area contributed by atoms with Crippen LogP contribution in [0.2, 0.25) is 0 Å². The Labute approximate surface area is 103 Å². The summed E-state index contributed by atoms with van der Waals surface area (Å²) in [5.74, 6) is 1.86. The molecule has 0 aliphatic heterocycles. The van der Waals surface area contributed by atoms with Crippen molar-refractivity contribution in [1.82, 2.24) is 5.32 Å². The molecule has 1 nitrogen and oxygen atoms in total. The van der Waals surface area contributed by atoms with Crippen LogP contribution in [0.1, 0.15) is 49.4 Å². The third-order valence-electron chi connectivity index (χ3n) is 3.63. The zero-order chi connectivity index (χ0) is 11.5. The van der Waals surface area contributed by atoms with Crippen LogP contribution >= 0.6 is 11.3 Å². The maximum Gasteiger partial charge on any atom is 0.0386 e. The van der Waals surface area contributed by atoms with Gasteiger partial charge in [0.05, 0.1) is 0 Å². The lowest BCUT2D eigenvalue weighted by Gasteiger charge is -2.16. The second-order valence-electron chi connectivity index (χ2n) is 5.10. The summed E-state index contributed by atoms with van der Waals surface area (Å²) in [4.78, 5) is 2.98. The average Bonchev–Trinajstić information content (AvgIpc) is 3.03. The first-order valence-electron chi connectivity index (χ1n) is 6.52. The summed E-state index contributed by atoms with van der Waals surface area (Å²) in [6.07, 6.45) is 4.07. The van der Waals surface area contributed by atoms with Gasteiger partial charge in [0.2, 0.25) is 0 Å². The van der Waals surface area contributed by atoms with Crippen LogP contribution in [0.4, 0.5) is 0 Å². The highest BCUT2D eigenvalue weighted by atomic mass is 32.1. The van der Waals surface area contributed by atoms with Crippen LogP contribution in [-0.4, -0.2) is 6.54 Å². The number of hydrogen-bond acceptors (Lipinski definition) is 2. The molecule has 0 radical (unpaired) electrons. The molecule has 0 spiro atoms. The zero-order valence-corrected chi connectivity index (χ0v) is 11.4. The van der Waals surface area contributed by atoms with Gasteiger partial charge in [-0.3, -0.25) is 0 Å². The molecule has 1 saturated carbocycles. The van der Waals surface area contributed by atoms with E-state index in [-0.39, 0.29) is 0 Å². The van der Waals surface area contributed by atoms with Gasteiger partial charge >= 0.3 is 0 Å². The van der Waals surface area contributed by atoms with E-state index in [4.69, 9.17) is 0 Å². The van der Waals surface area contributed by atoms with Gasteiger partial charge in [0.15, 0.2) is 0 Å². The molecule has 1 aromatic rings. The molecule has 0 saturated heterocycles. The summed E-state index contributed by atoms with van der Waals surface area (Å²) < 4.78 is 0. The van der Waals surface area contributed by atoms with Crippen molar-refractivity contribution >= 4 is 11.3 Å². The molecular weight excluding hydrogens is 214 g/mol. The minimum atomic E-state index is 0.520. The molecule has 16 heavy (non-hydrogen) atoms. The molecule has 1 aliphatic carbocycles. The summed E-state index contributed by atoms with van der Waals surface area (Å²) in [5, 5.41) is 3.67. The minimum absolute atomic E-state index is 0.520. The largest absolute Gasteiger partial charge is 0.309 e. The normalized spacial score (nSPS) is 19.7. The second-order valence-corrected chi connectivity index (χ2v) is 6.30. The Kier molecular flexibility index (Phi) is 4.04. The molecule has 0 aromatic carbocycles. The molecule has 2 unspecified atom stereocenters. The Bertz CT molecular complexity index is 327. The predicted molar refractivity (Wildman–Crippen MR) is 72.0 cm³/mol. The number of nitrogens with one attached hydrogen (secondary N) is 1. The van der Waals surface area contributed by atoms with E-state index in [1.807, 2.05) is 11.3 Å². The summed E-state index contributed by atoms with van der Waals surface area (Å²) >= 11 is 1.95. The van der Waals surface area contributed by atoms with Crippen molar-refractivity contribution in [2.45, 2.75) is 46.1 Å². The number of rotatable bonds is 6. The standard InChI is InChI=1S/C14H23NS/c1-4-13-7-8-14(16-13)11(3)15-9-10(2)12-5-6-12/h7-8,10-12,15H,4-6,9H2,1-3H3. The fraction of sp³-hybridized carbons (Fsp3) is 0.714. The molecular formula is C14H23NS. The van der Waals surface area contributed by atoms with Crippen molar-refractivity contribution in [3.05, 3.63) is 21.9 Å². The number of aryl methyl sites for hydroxylation is 1. The van der Waals surface area contributed by atoms with E-state index >= 15 is 0 Å². The summed E-state index contributed by atoms with van der Waals surface area (Å²) in [6.45, 7) is 8.06. The van der Waals surface area contributed by atoms with E-state index in [9.17, 15) is 0 Å². The first-order chi connectivity index (χ1) is 7.70. The first-order valence-corrected chi connectivity index (χ1v) is 7.34. The van der Waals surface area contributed by atoms with Crippen molar-refractivity contribution in [2.75, 3.05) is 6.54 Å². The Morgan fingerprint density at radius 3 is 2.69 bits per heavy atom. The first kappa shape index (κ1) is 12.1. The molecule has 2 rings (SSSR count). The molecule has 0 amide bonds. The van der Waals surface area contributed by atoms with E-state index in [1.165, 1.54) is 29.1 Å². The highest BCUT2D eigenvalue weighted by Gasteiger charge is 2.27. The third-order valence-corrected chi connectivity index (χ3v) is 5.04. The SMILES string of the molecule is CCc1ccc(C(C)NCC(C)C2CC2)s1. The minimum Gasteiger partial charge on any atom is -0.309 e. The molecule has 90 valence electrons. The smallest absolute Gasteiger partial charge is 0.0386 e. The van der Waals surface area contributed by atoms with Crippen LogP contribution in [0.3, 0.4) is 0 Å². The van der Waals surface area contributed by atoms with E-state index < -0.39 is 0 Å². The highest BCUT2D eigenvalue weighted by Crippen LogP contribution is 2.36. The summed E-state index contributed by atoms with van der Waals surface area (Å²) in [7, 11) is 0. The molecule has 0 bridgehead atoms. The van der Waals surface area contributed by atoms with Gasteiger partial charge in [-0.1, -0.05) is 13.8 Å². The third kappa shape index (κ3) is 3.08. The zero-order valence-electron chi connectivity index (χ0n) is 10.6. The van der Waals surface area contributed by atoms with Gasteiger partial charge in [0.1, 0.15) is 0 Å². The van der Waals surface area contributed by atoms with Crippen LogP contribution in [-0.2, 0) is 6.42 Å². The molecule has 2 atom stereocenters. The topological polar surface area (TPSA) is 12.0 Å². The van der Waals surface area contributed by atoms with Crippen molar-refractivity contribution in [2.24, 2.45) is 11.8 Å². The molecule has 1 heterocycles. The lowest BCUT2D eigenvalue weighted by Crippen LogP contribution is -2.24. The Morgan fingerprint density at radius 2 is 2.12 bits per heavy atom. The quantitative estimate of drug-likeness (QED) is 0.788. The van der Waals surface area contributed by atoms with Crippen LogP contribution in [0.25, 0.3) is 0 Å². The molecule has 1 aliphatic rings. The Hall–Kier alpha value is -0.340. The van der Waals surface area contributed by atoms with E-state index in [0.717, 1.165) is 18.3 Å². The monoisotopic (exact) mass is 237 g/mol. The van der Waals surface area contributed by atoms with Gasteiger partial charge in [-0.25, -0.2) is 0 Å². The predicted octanol–water partition coefficient (Wildman–Crippen LogP) is 4.01. The van der Waals surface area contributed by atoms with Crippen LogP contribution in [0.15, 0.2) is 12.1 Å². The lowest BCUT2D eigenvalue weighted by atomic mass is 10.1. The number of thiophene rings is 1. The molecule has 1 aromatic heterocycles. The second kappa shape index (κ2) is 5.33. The molecule has 2 heteroatoms. The summed E-state index contributed by atoms with van der Waals surface area (Å²) in [5.41, 5.74) is 0. The fourth-order valence-electron chi connectivity index (χ4n) is 2.11. The number of hydrogen-bond donors (Lipinski definition) is 1. The Morgan fingerprint density at radius 1 is 1.38 bits per heavy atom. The fourth-order valence-corrected chi connectivity index (χ4v) is 3.09. The highest BCUT2D eigenvalue weighted by molar-refractivity contribution is 7.12. The maximum atomic E-state index is 3.67. The maximum absolute atomic E-state index is 3.67. The van der Waals surface area contributed by atoms with Gasteiger partial charge in [0.25, 0.3) is 0 Å². The van der Waals surface area contributed by atoms with Gasteiger partial charge in [-0.15, -0.1) is 11.3 Å². The Balaban J connectivity index is 1.79. The lowest BCUT2D eigenvalue weighted by molar-refractivity contribution is 0.434. The van der Waals surface area contributed by atoms with Crippen molar-refractivity contribution in [3.63, 3.8) is 0 Å². The van der Waals surface area contributed by atoms with Crippen LogP contribution in [0, 0.1) is 11.8 Å². The van der Waals surface area contributed by atoms with Crippen molar-refractivity contribution in [1.29, 1.82) is 0 Å². The van der Waals surface area contributed by atoms with Gasteiger partial charge in [0, 0.05) is 15.8 Å². The van der Waals surface area contributed by atoms with Crippen molar-refractivity contribution < 1.29 is 0 Å². The molecule has 1 fully saturated rings. The average molecular weight is 237 g/mol. The van der Waals surface area contributed by atoms with E-state index in [0.29, 0.717) is 6.04 Å². The van der Waals surface area contributed by atoms with Gasteiger partial charge in [-0.05, 0) is 56.7 Å². The van der Waals surface area contributed by atoms with Crippen LogP contribution < -0.4 is 5.32 Å². The van der Waals surface area contributed by atoms with Crippen LogP contribution in [0.5, 0.6) is 0 Å².